The average molecular weight is 266 g/mol. The second kappa shape index (κ2) is 6.83. The molecule has 0 saturated heterocycles. The normalized spacial score (nSPS) is 11.7. The van der Waals surface area contributed by atoms with Crippen molar-refractivity contribution in [2.45, 2.75) is 19.8 Å². The molecule has 5 heteroatoms. The van der Waals surface area contributed by atoms with Crippen LogP contribution < -0.4 is 0 Å². The van der Waals surface area contributed by atoms with Gasteiger partial charge in [0.05, 0.1) is 6.07 Å². The Hall–Kier alpha value is -1.96. The minimum absolute atomic E-state index is 0.216. The summed E-state index contributed by atoms with van der Waals surface area (Å²) in [6.45, 7) is 2.00. The number of likely N-dealkylation sites (N-methyl/N-ethyl adjacent to an activating group) is 1. The van der Waals surface area contributed by atoms with Gasteiger partial charge in [-0.05, 0) is 36.6 Å². The smallest absolute Gasteiger partial charge is 0.239 e. The Labute approximate surface area is 111 Å². The first-order valence-corrected chi connectivity index (χ1v) is 6.08. The lowest BCUT2D eigenvalue weighted by molar-refractivity contribution is -0.132. The largest absolute Gasteiger partial charge is 0.344 e. The Morgan fingerprint density at radius 3 is 2.74 bits per heavy atom. The van der Waals surface area contributed by atoms with Crippen LogP contribution in [0.4, 0.5) is 8.78 Å². The van der Waals surface area contributed by atoms with Crippen molar-refractivity contribution in [1.82, 2.24) is 4.90 Å². The van der Waals surface area contributed by atoms with Crippen LogP contribution in [-0.2, 0) is 11.2 Å². The maximum absolute atomic E-state index is 13.4. The lowest BCUT2D eigenvalue weighted by Crippen LogP contribution is -2.33. The number of amides is 1. The Kier molecular flexibility index (Phi) is 5.43. The summed E-state index contributed by atoms with van der Waals surface area (Å²) in [5.74, 6) is -1.97. The van der Waals surface area contributed by atoms with Crippen LogP contribution in [0.15, 0.2) is 18.2 Å². The van der Waals surface area contributed by atoms with Crippen LogP contribution in [-0.4, -0.2) is 24.4 Å². The van der Waals surface area contributed by atoms with Gasteiger partial charge in [-0.3, -0.25) is 4.79 Å². The summed E-state index contributed by atoms with van der Waals surface area (Å²) in [5.41, 5.74) is 0.227. The average Bonchev–Trinajstić information content (AvgIpc) is 2.40. The molecule has 0 aliphatic heterocycles. The van der Waals surface area contributed by atoms with Crippen molar-refractivity contribution in [3.63, 3.8) is 0 Å². The number of rotatable bonds is 5. The number of nitriles is 1. The van der Waals surface area contributed by atoms with Gasteiger partial charge in [0.25, 0.3) is 0 Å². The molecule has 102 valence electrons. The monoisotopic (exact) mass is 266 g/mol. The van der Waals surface area contributed by atoms with Crippen molar-refractivity contribution < 1.29 is 13.6 Å². The van der Waals surface area contributed by atoms with E-state index < -0.39 is 17.6 Å². The molecule has 1 amide bonds. The lowest BCUT2D eigenvalue weighted by atomic mass is 10.1. The van der Waals surface area contributed by atoms with Gasteiger partial charge in [0.2, 0.25) is 5.91 Å². The second-order valence-electron chi connectivity index (χ2n) is 4.34. The third kappa shape index (κ3) is 4.02. The molecule has 3 nitrogen and oxygen atoms in total. The summed E-state index contributed by atoms with van der Waals surface area (Å²) >= 11 is 0. The predicted molar refractivity (Wildman–Crippen MR) is 67.1 cm³/mol. The van der Waals surface area contributed by atoms with Gasteiger partial charge < -0.3 is 4.90 Å². The van der Waals surface area contributed by atoms with E-state index in [0.29, 0.717) is 6.42 Å². The number of nitrogens with zero attached hydrogens (tertiary/aromatic N) is 2. The molecule has 1 aromatic rings. The number of benzene rings is 1. The predicted octanol–water partition coefficient (Wildman–Crippen LogP) is 2.52. The summed E-state index contributed by atoms with van der Waals surface area (Å²) in [4.78, 5) is 13.2. The van der Waals surface area contributed by atoms with Crippen molar-refractivity contribution in [2.24, 2.45) is 5.92 Å². The maximum Gasteiger partial charge on any atom is 0.239 e. The van der Waals surface area contributed by atoms with Gasteiger partial charge >= 0.3 is 0 Å². The van der Waals surface area contributed by atoms with E-state index in [1.54, 1.807) is 14.0 Å². The lowest BCUT2D eigenvalue weighted by Gasteiger charge is -2.19. The van der Waals surface area contributed by atoms with E-state index >= 15 is 0 Å². The fourth-order valence-electron chi connectivity index (χ4n) is 1.72. The van der Waals surface area contributed by atoms with Gasteiger partial charge in [-0.2, -0.15) is 5.26 Å². The molecule has 0 aromatic heterocycles. The van der Waals surface area contributed by atoms with E-state index in [2.05, 4.69) is 0 Å². The van der Waals surface area contributed by atoms with Crippen molar-refractivity contribution in [2.75, 3.05) is 13.6 Å². The number of hydrogen-bond acceptors (Lipinski definition) is 2. The van der Waals surface area contributed by atoms with E-state index in [4.69, 9.17) is 5.26 Å². The zero-order valence-corrected chi connectivity index (χ0v) is 11.0. The van der Waals surface area contributed by atoms with Crippen LogP contribution in [0.2, 0.25) is 0 Å². The third-order valence-corrected chi connectivity index (χ3v) is 2.96. The molecule has 19 heavy (non-hydrogen) atoms. The molecule has 0 radical (unpaired) electrons. The molecule has 0 heterocycles. The van der Waals surface area contributed by atoms with Crippen molar-refractivity contribution in [1.29, 1.82) is 5.26 Å². The number of halogens is 2. The highest BCUT2D eigenvalue weighted by molar-refractivity contribution is 5.80. The summed E-state index contributed by atoms with van der Waals surface area (Å²) in [6, 6.07) is 5.16. The molecule has 0 bridgehead atoms. The Morgan fingerprint density at radius 1 is 1.47 bits per heavy atom. The third-order valence-electron chi connectivity index (χ3n) is 2.96. The summed E-state index contributed by atoms with van der Waals surface area (Å²) in [6.07, 6.45) is 0.654. The van der Waals surface area contributed by atoms with Crippen LogP contribution in [0.3, 0.4) is 0 Å². The Balaban J connectivity index is 2.64. The minimum Gasteiger partial charge on any atom is -0.344 e. The van der Waals surface area contributed by atoms with E-state index in [0.717, 1.165) is 18.2 Å². The first-order chi connectivity index (χ1) is 8.99. The standard InChI is InChI=1S/C14H16F2N2O/c1-3-10(9-17)14(19)18(2)7-6-11-8-12(15)4-5-13(11)16/h4-5,8,10H,3,6-7H2,1-2H3. The first-order valence-electron chi connectivity index (χ1n) is 6.08. The second-order valence-corrected chi connectivity index (χ2v) is 4.34. The van der Waals surface area contributed by atoms with Crippen LogP contribution >= 0.6 is 0 Å². The molecule has 0 aliphatic rings. The van der Waals surface area contributed by atoms with E-state index in [1.165, 1.54) is 4.90 Å². The van der Waals surface area contributed by atoms with Crippen LogP contribution in [0.25, 0.3) is 0 Å². The van der Waals surface area contributed by atoms with E-state index in [9.17, 15) is 13.6 Å². The molecule has 1 atom stereocenters. The number of carbonyl (C=O) groups excluding carboxylic acids is 1. The SMILES string of the molecule is CCC(C#N)C(=O)N(C)CCc1cc(F)ccc1F. The fraction of sp³-hybridized carbons (Fsp3) is 0.429. The fourth-order valence-corrected chi connectivity index (χ4v) is 1.72. The van der Waals surface area contributed by atoms with Crippen LogP contribution in [0.1, 0.15) is 18.9 Å². The number of carbonyl (C=O) groups is 1. The van der Waals surface area contributed by atoms with Gasteiger partial charge in [-0.1, -0.05) is 6.92 Å². The molecule has 0 spiro atoms. The van der Waals surface area contributed by atoms with Crippen molar-refractivity contribution in [3.05, 3.63) is 35.4 Å². The molecule has 1 unspecified atom stereocenters. The molecule has 0 aliphatic carbocycles. The summed E-state index contributed by atoms with van der Waals surface area (Å²) < 4.78 is 26.4. The summed E-state index contributed by atoms with van der Waals surface area (Å²) in [5, 5.41) is 8.80. The topological polar surface area (TPSA) is 44.1 Å². The summed E-state index contributed by atoms with van der Waals surface area (Å²) in [7, 11) is 1.56. The quantitative estimate of drug-likeness (QED) is 0.822. The van der Waals surface area contributed by atoms with Crippen molar-refractivity contribution >= 4 is 5.91 Å². The molecule has 0 saturated carbocycles. The van der Waals surface area contributed by atoms with Gasteiger partial charge in [0, 0.05) is 13.6 Å². The van der Waals surface area contributed by atoms with Gasteiger partial charge in [-0.25, -0.2) is 8.78 Å². The van der Waals surface area contributed by atoms with Crippen LogP contribution in [0, 0.1) is 28.9 Å². The first kappa shape index (κ1) is 15.1. The van der Waals surface area contributed by atoms with Crippen molar-refractivity contribution in [3.8, 4) is 6.07 Å². The van der Waals surface area contributed by atoms with Gasteiger partial charge in [-0.15, -0.1) is 0 Å². The van der Waals surface area contributed by atoms with E-state index in [1.807, 2.05) is 6.07 Å². The number of hydrogen-bond donors (Lipinski definition) is 0. The zero-order chi connectivity index (χ0) is 14.4. The van der Waals surface area contributed by atoms with Gasteiger partial charge in [0.15, 0.2) is 0 Å². The minimum atomic E-state index is -0.678. The molecular formula is C14H16F2N2O. The van der Waals surface area contributed by atoms with Gasteiger partial charge in [0.1, 0.15) is 17.6 Å². The maximum atomic E-state index is 13.4. The highest BCUT2D eigenvalue weighted by Crippen LogP contribution is 2.12. The molecule has 1 aromatic carbocycles. The van der Waals surface area contributed by atoms with Crippen LogP contribution in [0.5, 0.6) is 0 Å². The highest BCUT2D eigenvalue weighted by atomic mass is 19.1. The molecule has 0 fully saturated rings. The zero-order valence-electron chi connectivity index (χ0n) is 11.0. The molecule has 0 N–H and O–H groups in total. The highest BCUT2D eigenvalue weighted by Gasteiger charge is 2.19. The molecule has 1 rings (SSSR count). The van der Waals surface area contributed by atoms with E-state index in [-0.39, 0.29) is 24.4 Å². The molecular weight excluding hydrogens is 250 g/mol. The Bertz CT molecular complexity index is 497. The Morgan fingerprint density at radius 2 is 2.16 bits per heavy atom.